The van der Waals surface area contributed by atoms with Gasteiger partial charge in [0.1, 0.15) is 25.4 Å². The first-order valence-corrected chi connectivity index (χ1v) is 9.80. The summed E-state index contributed by atoms with van der Waals surface area (Å²) in [5.74, 6) is 1.05. The van der Waals surface area contributed by atoms with Gasteiger partial charge in [-0.3, -0.25) is 4.79 Å². The summed E-state index contributed by atoms with van der Waals surface area (Å²) in [6.07, 6.45) is 5.68. The van der Waals surface area contributed by atoms with Crippen LogP contribution in [-0.4, -0.2) is 59.7 Å². The molecule has 29 heavy (non-hydrogen) atoms. The predicted molar refractivity (Wildman–Crippen MR) is 108 cm³/mol. The SMILES string of the molecule is COCOc1ccccc1CCC1CC=CC(=O)C(OCOC)C(OCOC)C1. The van der Waals surface area contributed by atoms with E-state index >= 15 is 0 Å². The van der Waals surface area contributed by atoms with Crippen molar-refractivity contribution in [3.05, 3.63) is 42.0 Å². The zero-order valence-electron chi connectivity index (χ0n) is 17.5. The van der Waals surface area contributed by atoms with Crippen LogP contribution in [0.2, 0.25) is 0 Å². The average Bonchev–Trinajstić information content (AvgIpc) is 2.73. The largest absolute Gasteiger partial charge is 0.467 e. The smallest absolute Gasteiger partial charge is 0.188 e. The van der Waals surface area contributed by atoms with E-state index in [-0.39, 0.29) is 26.2 Å². The standard InChI is InChI=1S/C22H32O7/c1-24-14-27-20-10-5-4-8-18(20)12-11-17-7-6-9-19(23)22(29-16-26-3)21(13-17)28-15-25-2/h4-6,8-10,17,21-22H,7,11-16H2,1-3H3. The third-order valence-corrected chi connectivity index (χ3v) is 4.83. The number of carbonyl (C=O) groups is 1. The molecule has 1 aliphatic carbocycles. The van der Waals surface area contributed by atoms with Gasteiger partial charge in [0.05, 0.1) is 6.10 Å². The third-order valence-electron chi connectivity index (χ3n) is 4.83. The molecular weight excluding hydrogens is 376 g/mol. The molecule has 7 nitrogen and oxygen atoms in total. The van der Waals surface area contributed by atoms with Crippen LogP contribution in [0.25, 0.3) is 0 Å². The van der Waals surface area contributed by atoms with Crippen molar-refractivity contribution in [1.29, 1.82) is 0 Å². The van der Waals surface area contributed by atoms with Crippen LogP contribution in [0, 0.1) is 5.92 Å². The fraction of sp³-hybridized carbons (Fsp3) is 0.591. The van der Waals surface area contributed by atoms with Crippen LogP contribution >= 0.6 is 0 Å². The number of aryl methyl sites for hydroxylation is 1. The molecule has 162 valence electrons. The van der Waals surface area contributed by atoms with Crippen molar-refractivity contribution in [2.45, 2.75) is 37.9 Å². The minimum atomic E-state index is -0.707. The molecule has 0 aromatic heterocycles. The summed E-state index contributed by atoms with van der Waals surface area (Å²) in [7, 11) is 4.69. The number of carbonyl (C=O) groups excluding carboxylic acids is 1. The Hall–Kier alpha value is -1.77. The van der Waals surface area contributed by atoms with Gasteiger partial charge in [-0.05, 0) is 49.3 Å². The molecule has 0 heterocycles. The average molecular weight is 408 g/mol. The summed E-state index contributed by atoms with van der Waals surface area (Å²) >= 11 is 0. The second kappa shape index (κ2) is 13.5. The fourth-order valence-electron chi connectivity index (χ4n) is 3.41. The molecular formula is C22H32O7. The number of para-hydroxylation sites is 1. The van der Waals surface area contributed by atoms with Crippen molar-refractivity contribution in [2.75, 3.05) is 41.7 Å². The Bertz CT molecular complexity index is 631. The number of hydrogen-bond donors (Lipinski definition) is 0. The van der Waals surface area contributed by atoms with Gasteiger partial charge in [-0.1, -0.05) is 24.3 Å². The van der Waals surface area contributed by atoms with E-state index in [0.717, 1.165) is 30.6 Å². The molecule has 0 amide bonds. The summed E-state index contributed by atoms with van der Waals surface area (Å²) < 4.78 is 32.2. The van der Waals surface area contributed by atoms with E-state index in [9.17, 15) is 4.79 Å². The van der Waals surface area contributed by atoms with Gasteiger partial charge in [-0.2, -0.15) is 0 Å². The quantitative estimate of drug-likeness (QED) is 0.492. The number of ether oxygens (including phenoxy) is 6. The zero-order chi connectivity index (χ0) is 20.9. The van der Waals surface area contributed by atoms with Crippen LogP contribution in [0.4, 0.5) is 0 Å². The predicted octanol–water partition coefficient (Wildman–Crippen LogP) is 3.12. The minimum Gasteiger partial charge on any atom is -0.467 e. The lowest BCUT2D eigenvalue weighted by Crippen LogP contribution is -2.40. The summed E-state index contributed by atoms with van der Waals surface area (Å²) in [5, 5.41) is 0. The number of rotatable bonds is 12. The van der Waals surface area contributed by atoms with E-state index in [2.05, 4.69) is 6.07 Å². The molecule has 0 bridgehead atoms. The van der Waals surface area contributed by atoms with E-state index in [1.54, 1.807) is 20.3 Å². The molecule has 1 aromatic rings. The van der Waals surface area contributed by atoms with Crippen LogP contribution in [-0.2, 0) is 34.9 Å². The van der Waals surface area contributed by atoms with E-state index in [1.165, 1.54) is 7.11 Å². The normalized spacial score (nSPS) is 22.3. The van der Waals surface area contributed by atoms with Crippen LogP contribution < -0.4 is 4.74 Å². The molecule has 0 radical (unpaired) electrons. The van der Waals surface area contributed by atoms with E-state index in [4.69, 9.17) is 28.4 Å². The van der Waals surface area contributed by atoms with Gasteiger partial charge in [-0.15, -0.1) is 0 Å². The van der Waals surface area contributed by atoms with Gasteiger partial charge in [0, 0.05) is 21.3 Å². The van der Waals surface area contributed by atoms with Gasteiger partial charge < -0.3 is 28.4 Å². The molecule has 0 saturated carbocycles. The van der Waals surface area contributed by atoms with Gasteiger partial charge >= 0.3 is 0 Å². The maximum atomic E-state index is 12.5. The highest BCUT2D eigenvalue weighted by atomic mass is 16.7. The van der Waals surface area contributed by atoms with E-state index in [1.807, 2.05) is 24.3 Å². The Morgan fingerprint density at radius 1 is 0.966 bits per heavy atom. The lowest BCUT2D eigenvalue weighted by atomic mass is 9.86. The molecule has 0 saturated heterocycles. The van der Waals surface area contributed by atoms with Crippen LogP contribution in [0.3, 0.4) is 0 Å². The first-order valence-electron chi connectivity index (χ1n) is 9.80. The number of hydrogen-bond acceptors (Lipinski definition) is 7. The van der Waals surface area contributed by atoms with Gasteiger partial charge in [0.2, 0.25) is 0 Å². The maximum Gasteiger partial charge on any atom is 0.188 e. The molecule has 0 aliphatic heterocycles. The van der Waals surface area contributed by atoms with Crippen molar-refractivity contribution in [1.82, 2.24) is 0 Å². The van der Waals surface area contributed by atoms with Crippen molar-refractivity contribution < 1.29 is 33.2 Å². The van der Waals surface area contributed by atoms with Gasteiger partial charge in [-0.25, -0.2) is 0 Å². The highest BCUT2D eigenvalue weighted by molar-refractivity contribution is 5.94. The van der Waals surface area contributed by atoms with E-state index in [0.29, 0.717) is 12.3 Å². The fourth-order valence-corrected chi connectivity index (χ4v) is 3.41. The van der Waals surface area contributed by atoms with E-state index < -0.39 is 12.2 Å². The Morgan fingerprint density at radius 2 is 1.69 bits per heavy atom. The van der Waals surface area contributed by atoms with Crippen LogP contribution in [0.15, 0.2) is 36.4 Å². The molecule has 3 atom stereocenters. The lowest BCUT2D eigenvalue weighted by molar-refractivity contribution is -0.171. The maximum absolute atomic E-state index is 12.5. The Kier molecular flexibility index (Phi) is 10.9. The first kappa shape index (κ1) is 23.5. The Balaban J connectivity index is 2.06. The molecule has 1 aromatic carbocycles. The summed E-state index contributed by atoms with van der Waals surface area (Å²) in [6.45, 7) is 0.359. The third kappa shape index (κ3) is 7.87. The molecule has 2 rings (SSSR count). The van der Waals surface area contributed by atoms with Crippen molar-refractivity contribution in [3.63, 3.8) is 0 Å². The highest BCUT2D eigenvalue weighted by Gasteiger charge is 2.32. The molecule has 0 N–H and O–H groups in total. The first-order chi connectivity index (χ1) is 14.2. The molecule has 7 heteroatoms. The second-order valence-corrected chi connectivity index (χ2v) is 6.94. The molecule has 1 aliphatic rings. The lowest BCUT2D eigenvalue weighted by Gasteiger charge is -2.30. The Labute approximate surface area is 172 Å². The molecule has 0 spiro atoms. The molecule has 0 fully saturated rings. The van der Waals surface area contributed by atoms with Crippen molar-refractivity contribution in [3.8, 4) is 5.75 Å². The number of allylic oxidation sites excluding steroid dienone is 1. The Morgan fingerprint density at radius 3 is 2.45 bits per heavy atom. The number of methoxy groups -OCH3 is 3. The van der Waals surface area contributed by atoms with Crippen LogP contribution in [0.5, 0.6) is 5.75 Å². The van der Waals surface area contributed by atoms with Crippen LogP contribution in [0.1, 0.15) is 24.8 Å². The second-order valence-electron chi connectivity index (χ2n) is 6.94. The van der Waals surface area contributed by atoms with Gasteiger partial charge in [0.15, 0.2) is 12.6 Å². The summed E-state index contributed by atoms with van der Waals surface area (Å²) in [6, 6.07) is 7.97. The highest BCUT2D eigenvalue weighted by Crippen LogP contribution is 2.28. The summed E-state index contributed by atoms with van der Waals surface area (Å²) in [4.78, 5) is 12.5. The van der Waals surface area contributed by atoms with Crippen molar-refractivity contribution >= 4 is 5.78 Å². The topological polar surface area (TPSA) is 72.5 Å². The van der Waals surface area contributed by atoms with Crippen molar-refractivity contribution in [2.24, 2.45) is 5.92 Å². The summed E-state index contributed by atoms with van der Waals surface area (Å²) in [5.41, 5.74) is 1.13. The minimum absolute atomic E-state index is 0.0337. The monoisotopic (exact) mass is 408 g/mol. The van der Waals surface area contributed by atoms with Gasteiger partial charge in [0.25, 0.3) is 0 Å². The number of ketones is 1. The number of benzene rings is 1. The zero-order valence-corrected chi connectivity index (χ0v) is 17.5. The molecule has 3 unspecified atom stereocenters.